The molecule has 0 radical (unpaired) electrons. The first-order valence-electron chi connectivity index (χ1n) is 9.02. The first-order chi connectivity index (χ1) is 13.7. The summed E-state index contributed by atoms with van der Waals surface area (Å²) in [6.07, 6.45) is 3.69. The van der Waals surface area contributed by atoms with E-state index in [-0.39, 0.29) is 17.7 Å². The van der Waals surface area contributed by atoms with Crippen LogP contribution in [0.1, 0.15) is 28.1 Å². The van der Waals surface area contributed by atoms with E-state index in [1.165, 1.54) is 11.3 Å². The van der Waals surface area contributed by atoms with Gasteiger partial charge in [0.2, 0.25) is 5.91 Å². The van der Waals surface area contributed by atoms with Crippen LogP contribution in [-0.2, 0) is 10.5 Å². The molecule has 5 nitrogen and oxygen atoms in total. The van der Waals surface area contributed by atoms with Crippen molar-refractivity contribution in [3.05, 3.63) is 71.2 Å². The fraction of sp³-hybridized carbons (Fsp3) is 0.190. The summed E-state index contributed by atoms with van der Waals surface area (Å²) in [4.78, 5) is 29.2. The number of carbonyl (C=O) groups excluding carboxylic acids is 2. The maximum atomic E-state index is 12.5. The number of hydrogen-bond donors (Lipinski definition) is 2. The number of hydrogen-bond acceptors (Lipinski definition) is 5. The van der Waals surface area contributed by atoms with E-state index in [1.54, 1.807) is 30.1 Å². The summed E-state index contributed by atoms with van der Waals surface area (Å²) in [6.45, 7) is 0. The van der Waals surface area contributed by atoms with Crippen molar-refractivity contribution in [1.29, 1.82) is 0 Å². The molecule has 0 aliphatic heterocycles. The summed E-state index contributed by atoms with van der Waals surface area (Å²) in [6, 6.07) is 17.2. The number of nitrogens with one attached hydrogen (secondary N) is 2. The number of thioether (sulfide) groups is 1. The third-order valence-corrected chi connectivity index (χ3v) is 6.25. The molecule has 2 aromatic heterocycles. The summed E-state index contributed by atoms with van der Waals surface area (Å²) < 4.78 is 0. The van der Waals surface area contributed by atoms with Gasteiger partial charge in [0.25, 0.3) is 5.91 Å². The van der Waals surface area contributed by atoms with E-state index >= 15 is 0 Å². The molecule has 2 amide bonds. The molecule has 28 heavy (non-hydrogen) atoms. The first kappa shape index (κ1) is 18.7. The SMILES string of the molecule is O=C(Nc1cccc(CSc2ccccn2)c1)c1ccc(NC(=O)C2CC2)s1. The molecule has 0 bridgehead atoms. The van der Waals surface area contributed by atoms with Gasteiger partial charge in [0, 0.05) is 23.6 Å². The van der Waals surface area contributed by atoms with Crippen molar-refractivity contribution >= 4 is 45.6 Å². The van der Waals surface area contributed by atoms with E-state index in [0.717, 1.165) is 34.9 Å². The molecule has 1 aromatic carbocycles. The summed E-state index contributed by atoms with van der Waals surface area (Å²) in [7, 11) is 0. The Bertz CT molecular complexity index is 984. The minimum Gasteiger partial charge on any atom is -0.321 e. The highest BCUT2D eigenvalue weighted by molar-refractivity contribution is 7.98. The summed E-state index contributed by atoms with van der Waals surface area (Å²) in [5, 5.41) is 7.49. The van der Waals surface area contributed by atoms with Crippen LogP contribution in [-0.4, -0.2) is 16.8 Å². The van der Waals surface area contributed by atoms with Gasteiger partial charge in [-0.3, -0.25) is 9.59 Å². The average molecular weight is 410 g/mol. The van der Waals surface area contributed by atoms with Gasteiger partial charge in [-0.2, -0.15) is 0 Å². The Kier molecular flexibility index (Phi) is 5.73. The number of amides is 2. The van der Waals surface area contributed by atoms with Gasteiger partial charge in [0.1, 0.15) is 0 Å². The predicted octanol–water partition coefficient (Wildman–Crippen LogP) is 5.04. The van der Waals surface area contributed by atoms with E-state index < -0.39 is 0 Å². The fourth-order valence-corrected chi connectivity index (χ4v) is 4.23. The van der Waals surface area contributed by atoms with E-state index in [9.17, 15) is 9.59 Å². The van der Waals surface area contributed by atoms with Crippen LogP contribution in [0, 0.1) is 5.92 Å². The zero-order valence-corrected chi connectivity index (χ0v) is 16.7. The Morgan fingerprint density at radius 3 is 2.75 bits per heavy atom. The molecule has 1 fully saturated rings. The molecule has 7 heteroatoms. The van der Waals surface area contributed by atoms with Crippen molar-refractivity contribution in [1.82, 2.24) is 4.98 Å². The Labute approximate surface area is 171 Å². The van der Waals surface area contributed by atoms with Gasteiger partial charge in [0.05, 0.1) is 14.9 Å². The predicted molar refractivity (Wildman–Crippen MR) is 114 cm³/mol. The molecule has 0 saturated heterocycles. The Morgan fingerprint density at radius 2 is 1.96 bits per heavy atom. The van der Waals surface area contributed by atoms with Crippen molar-refractivity contribution in [3.8, 4) is 0 Å². The van der Waals surface area contributed by atoms with Crippen LogP contribution in [0.15, 0.2) is 65.8 Å². The molecule has 3 aromatic rings. The van der Waals surface area contributed by atoms with Crippen LogP contribution in [0.4, 0.5) is 10.7 Å². The third kappa shape index (κ3) is 4.99. The lowest BCUT2D eigenvalue weighted by molar-refractivity contribution is -0.117. The van der Waals surface area contributed by atoms with Crippen molar-refractivity contribution in [2.45, 2.75) is 23.6 Å². The highest BCUT2D eigenvalue weighted by Gasteiger charge is 2.29. The molecule has 142 valence electrons. The number of pyridine rings is 1. The Morgan fingerprint density at radius 1 is 1.07 bits per heavy atom. The maximum Gasteiger partial charge on any atom is 0.265 e. The minimum absolute atomic E-state index is 0.0481. The molecule has 2 heterocycles. The highest BCUT2D eigenvalue weighted by atomic mass is 32.2. The van der Waals surface area contributed by atoms with Gasteiger partial charge in [-0.1, -0.05) is 18.2 Å². The minimum atomic E-state index is -0.175. The van der Waals surface area contributed by atoms with Gasteiger partial charge < -0.3 is 10.6 Å². The normalized spacial score (nSPS) is 13.1. The Hall–Kier alpha value is -2.64. The van der Waals surface area contributed by atoms with E-state index in [0.29, 0.717) is 9.88 Å². The lowest BCUT2D eigenvalue weighted by Gasteiger charge is -2.07. The van der Waals surface area contributed by atoms with Gasteiger partial charge in [0.15, 0.2) is 0 Å². The fourth-order valence-electron chi connectivity index (χ4n) is 2.62. The zero-order chi connectivity index (χ0) is 19.3. The van der Waals surface area contributed by atoms with Crippen LogP contribution < -0.4 is 10.6 Å². The van der Waals surface area contributed by atoms with Crippen LogP contribution in [0.5, 0.6) is 0 Å². The topological polar surface area (TPSA) is 71.1 Å². The lowest BCUT2D eigenvalue weighted by atomic mass is 10.2. The number of rotatable bonds is 7. The molecular weight excluding hydrogens is 390 g/mol. The van der Waals surface area contributed by atoms with E-state index in [2.05, 4.69) is 15.6 Å². The number of anilines is 2. The van der Waals surface area contributed by atoms with Crippen LogP contribution >= 0.6 is 23.1 Å². The van der Waals surface area contributed by atoms with Gasteiger partial charge in [-0.25, -0.2) is 4.98 Å². The molecule has 1 aliphatic carbocycles. The van der Waals surface area contributed by atoms with Gasteiger partial charge in [-0.15, -0.1) is 23.1 Å². The number of nitrogens with zero attached hydrogens (tertiary/aromatic N) is 1. The second kappa shape index (κ2) is 8.58. The molecule has 0 spiro atoms. The largest absolute Gasteiger partial charge is 0.321 e. The molecule has 0 unspecified atom stereocenters. The van der Waals surface area contributed by atoms with Crippen LogP contribution in [0.2, 0.25) is 0 Å². The second-order valence-corrected chi connectivity index (χ2v) is 8.62. The zero-order valence-electron chi connectivity index (χ0n) is 15.1. The maximum absolute atomic E-state index is 12.5. The molecule has 1 aliphatic rings. The summed E-state index contributed by atoms with van der Waals surface area (Å²) in [5.74, 6) is 0.793. The Balaban J connectivity index is 1.35. The smallest absolute Gasteiger partial charge is 0.265 e. The van der Waals surface area contributed by atoms with Crippen LogP contribution in [0.3, 0.4) is 0 Å². The van der Waals surface area contributed by atoms with Crippen molar-refractivity contribution in [3.63, 3.8) is 0 Å². The summed E-state index contributed by atoms with van der Waals surface area (Å²) in [5.41, 5.74) is 1.86. The quantitative estimate of drug-likeness (QED) is 0.537. The highest BCUT2D eigenvalue weighted by Crippen LogP contribution is 2.32. The molecular formula is C21H19N3O2S2. The number of carbonyl (C=O) groups is 2. The molecule has 1 saturated carbocycles. The number of aromatic nitrogens is 1. The van der Waals surface area contributed by atoms with E-state index in [1.807, 2.05) is 42.5 Å². The van der Waals surface area contributed by atoms with Crippen molar-refractivity contribution in [2.24, 2.45) is 5.92 Å². The van der Waals surface area contributed by atoms with Crippen molar-refractivity contribution in [2.75, 3.05) is 10.6 Å². The average Bonchev–Trinajstić information content (AvgIpc) is 3.47. The van der Waals surface area contributed by atoms with E-state index in [4.69, 9.17) is 0 Å². The van der Waals surface area contributed by atoms with Crippen molar-refractivity contribution < 1.29 is 9.59 Å². The monoisotopic (exact) mass is 409 g/mol. The van der Waals surface area contributed by atoms with Crippen LogP contribution in [0.25, 0.3) is 0 Å². The number of thiophene rings is 1. The molecule has 4 rings (SSSR count). The first-order valence-corrected chi connectivity index (χ1v) is 10.8. The molecule has 2 N–H and O–H groups in total. The standard InChI is InChI=1S/C21H19N3O2S2/c25-20(15-7-8-15)24-19-10-9-17(28-19)21(26)23-16-5-3-4-14(12-16)13-27-18-6-1-2-11-22-18/h1-6,9-12,15H,7-8,13H2,(H,23,26)(H,24,25). The van der Waals surface area contributed by atoms with Gasteiger partial charge in [-0.05, 0) is 54.8 Å². The third-order valence-electron chi connectivity index (χ3n) is 4.23. The molecule has 0 atom stereocenters. The number of benzene rings is 1. The lowest BCUT2D eigenvalue weighted by Crippen LogP contribution is -2.12. The second-order valence-electron chi connectivity index (χ2n) is 6.54. The van der Waals surface area contributed by atoms with Gasteiger partial charge >= 0.3 is 0 Å². The summed E-state index contributed by atoms with van der Waals surface area (Å²) >= 11 is 2.94.